The van der Waals surface area contributed by atoms with Gasteiger partial charge in [-0.25, -0.2) is 0 Å². The molecule has 0 saturated carbocycles. The summed E-state index contributed by atoms with van der Waals surface area (Å²) in [4.78, 5) is 0. The minimum atomic E-state index is -3.44. The molecule has 0 aliphatic rings. The molecule has 0 heterocycles. The first-order valence-corrected chi connectivity index (χ1v) is 5.18. The third-order valence-electron chi connectivity index (χ3n) is 1.34. The van der Waals surface area contributed by atoms with E-state index >= 15 is 0 Å². The molecule has 0 rings (SSSR count). The van der Waals surface area contributed by atoms with Gasteiger partial charge in [0.25, 0.3) is 10.2 Å². The maximum atomic E-state index is 11.1. The predicted molar refractivity (Wildman–Crippen MR) is 48.5 cm³/mol. The summed E-state index contributed by atoms with van der Waals surface area (Å²) in [5.41, 5.74) is 0. The Morgan fingerprint density at radius 1 is 1.54 bits per heavy atom. The Kier molecular flexibility index (Phi) is 5.42. The predicted octanol–water partition coefficient (Wildman–Crippen LogP) is -1.61. The van der Waals surface area contributed by atoms with Crippen LogP contribution >= 0.6 is 0 Å². The SMILES string of the molecule is COCC(O)CNS(=O)(=O)N(C)C. The zero-order valence-electron chi connectivity index (χ0n) is 8.02. The average Bonchev–Trinajstić information content (AvgIpc) is 2.01. The van der Waals surface area contributed by atoms with E-state index in [2.05, 4.69) is 9.46 Å². The van der Waals surface area contributed by atoms with Crippen LogP contribution in [0.4, 0.5) is 0 Å². The van der Waals surface area contributed by atoms with Gasteiger partial charge in [0.05, 0.1) is 12.7 Å². The molecule has 0 aliphatic heterocycles. The number of ether oxygens (including phenoxy) is 1. The smallest absolute Gasteiger partial charge is 0.279 e. The Balaban J connectivity index is 3.89. The van der Waals surface area contributed by atoms with Crippen LogP contribution in [-0.4, -0.2) is 58.3 Å². The first kappa shape index (κ1) is 12.8. The highest BCUT2D eigenvalue weighted by Gasteiger charge is 2.14. The van der Waals surface area contributed by atoms with Crippen molar-refractivity contribution in [1.29, 1.82) is 0 Å². The molecule has 2 N–H and O–H groups in total. The van der Waals surface area contributed by atoms with Crippen LogP contribution in [0, 0.1) is 0 Å². The van der Waals surface area contributed by atoms with Gasteiger partial charge >= 0.3 is 0 Å². The maximum absolute atomic E-state index is 11.1. The molecular weight excluding hydrogens is 196 g/mol. The first-order valence-electron chi connectivity index (χ1n) is 3.74. The molecule has 1 atom stereocenters. The van der Waals surface area contributed by atoms with E-state index in [0.717, 1.165) is 4.31 Å². The Morgan fingerprint density at radius 3 is 2.46 bits per heavy atom. The van der Waals surface area contributed by atoms with Gasteiger partial charge in [0.1, 0.15) is 0 Å². The molecule has 0 aromatic rings. The molecule has 7 heteroatoms. The summed E-state index contributed by atoms with van der Waals surface area (Å²) in [5.74, 6) is 0. The fourth-order valence-electron chi connectivity index (χ4n) is 0.582. The number of hydrogen-bond donors (Lipinski definition) is 2. The third-order valence-corrected chi connectivity index (χ3v) is 2.83. The van der Waals surface area contributed by atoms with Crippen molar-refractivity contribution in [3.05, 3.63) is 0 Å². The van der Waals surface area contributed by atoms with E-state index in [9.17, 15) is 8.42 Å². The van der Waals surface area contributed by atoms with Crippen LogP contribution in [0.3, 0.4) is 0 Å². The second kappa shape index (κ2) is 5.51. The summed E-state index contributed by atoms with van der Waals surface area (Å²) < 4.78 is 30.1. The van der Waals surface area contributed by atoms with Gasteiger partial charge < -0.3 is 9.84 Å². The normalized spacial score (nSPS) is 14.8. The van der Waals surface area contributed by atoms with Gasteiger partial charge in [-0.2, -0.15) is 17.4 Å². The van der Waals surface area contributed by atoms with E-state index in [-0.39, 0.29) is 13.2 Å². The van der Waals surface area contributed by atoms with Gasteiger partial charge in [0.2, 0.25) is 0 Å². The number of aliphatic hydroxyl groups excluding tert-OH is 1. The third kappa shape index (κ3) is 5.17. The minimum Gasteiger partial charge on any atom is -0.389 e. The largest absolute Gasteiger partial charge is 0.389 e. The molecule has 0 amide bonds. The van der Waals surface area contributed by atoms with Gasteiger partial charge in [0, 0.05) is 27.7 Å². The number of aliphatic hydroxyl groups is 1. The monoisotopic (exact) mass is 212 g/mol. The van der Waals surface area contributed by atoms with Crippen molar-refractivity contribution in [3.63, 3.8) is 0 Å². The van der Waals surface area contributed by atoms with Gasteiger partial charge in [-0.3, -0.25) is 0 Å². The van der Waals surface area contributed by atoms with E-state index in [1.54, 1.807) is 0 Å². The van der Waals surface area contributed by atoms with Gasteiger partial charge in [-0.1, -0.05) is 0 Å². The second-order valence-electron chi connectivity index (χ2n) is 2.75. The van der Waals surface area contributed by atoms with E-state index in [0.29, 0.717) is 0 Å². The molecule has 0 aromatic heterocycles. The van der Waals surface area contributed by atoms with Crippen LogP contribution < -0.4 is 4.72 Å². The molecule has 13 heavy (non-hydrogen) atoms. The molecule has 0 fully saturated rings. The van der Waals surface area contributed by atoms with Crippen molar-refractivity contribution in [2.24, 2.45) is 0 Å². The molecule has 0 aromatic carbocycles. The first-order chi connectivity index (χ1) is 5.90. The van der Waals surface area contributed by atoms with Crippen LogP contribution in [-0.2, 0) is 14.9 Å². The molecular formula is C6H16N2O4S. The molecule has 0 radical (unpaired) electrons. The Morgan fingerprint density at radius 2 is 2.08 bits per heavy atom. The highest BCUT2D eigenvalue weighted by Crippen LogP contribution is 1.89. The summed E-state index contributed by atoms with van der Waals surface area (Å²) in [6.07, 6.45) is -0.820. The van der Waals surface area contributed by atoms with E-state index in [4.69, 9.17) is 5.11 Å². The van der Waals surface area contributed by atoms with Crippen LogP contribution in [0.2, 0.25) is 0 Å². The zero-order valence-corrected chi connectivity index (χ0v) is 8.84. The summed E-state index contributed by atoms with van der Waals surface area (Å²) in [5, 5.41) is 9.12. The molecule has 0 saturated heterocycles. The Bertz CT molecular complexity index is 227. The number of rotatable bonds is 6. The van der Waals surface area contributed by atoms with Crippen molar-refractivity contribution in [2.45, 2.75) is 6.10 Å². The molecule has 0 bridgehead atoms. The van der Waals surface area contributed by atoms with Crippen LogP contribution in [0.25, 0.3) is 0 Å². The lowest BCUT2D eigenvalue weighted by atomic mass is 10.4. The van der Waals surface area contributed by atoms with Crippen LogP contribution in [0.1, 0.15) is 0 Å². The molecule has 0 spiro atoms. The summed E-state index contributed by atoms with van der Waals surface area (Å²) >= 11 is 0. The quantitative estimate of drug-likeness (QED) is 0.555. The van der Waals surface area contributed by atoms with Gasteiger partial charge in [0.15, 0.2) is 0 Å². The fraction of sp³-hybridized carbons (Fsp3) is 1.00. The van der Waals surface area contributed by atoms with Gasteiger partial charge in [-0.05, 0) is 0 Å². The zero-order chi connectivity index (χ0) is 10.5. The van der Waals surface area contributed by atoms with Crippen molar-refractivity contribution < 1.29 is 18.3 Å². The maximum Gasteiger partial charge on any atom is 0.279 e. The van der Waals surface area contributed by atoms with E-state index < -0.39 is 16.3 Å². The van der Waals surface area contributed by atoms with Crippen LogP contribution in [0.15, 0.2) is 0 Å². The van der Waals surface area contributed by atoms with Crippen LogP contribution in [0.5, 0.6) is 0 Å². The fourth-order valence-corrected chi connectivity index (χ4v) is 1.24. The number of hydrogen-bond acceptors (Lipinski definition) is 4. The second-order valence-corrected chi connectivity index (χ2v) is 4.71. The van der Waals surface area contributed by atoms with Crippen molar-refractivity contribution in [2.75, 3.05) is 34.4 Å². The lowest BCUT2D eigenvalue weighted by Crippen LogP contribution is -2.40. The topological polar surface area (TPSA) is 78.9 Å². The van der Waals surface area contributed by atoms with Crippen molar-refractivity contribution in [1.82, 2.24) is 9.03 Å². The number of methoxy groups -OCH3 is 1. The number of nitrogens with zero attached hydrogens (tertiary/aromatic N) is 1. The highest BCUT2D eigenvalue weighted by atomic mass is 32.2. The summed E-state index contributed by atoms with van der Waals surface area (Å²) in [6, 6.07) is 0. The Labute approximate surface area is 78.7 Å². The minimum absolute atomic E-state index is 0.0473. The number of nitrogens with one attached hydrogen (secondary N) is 1. The van der Waals surface area contributed by atoms with Crippen molar-refractivity contribution >= 4 is 10.2 Å². The summed E-state index contributed by atoms with van der Waals surface area (Å²) in [6.45, 7) is 0.0598. The van der Waals surface area contributed by atoms with Gasteiger partial charge in [-0.15, -0.1) is 0 Å². The summed E-state index contributed by atoms with van der Waals surface area (Å²) in [7, 11) is 0.806. The lowest BCUT2D eigenvalue weighted by molar-refractivity contribution is 0.0677. The average molecular weight is 212 g/mol. The lowest BCUT2D eigenvalue weighted by Gasteiger charge is -2.14. The highest BCUT2D eigenvalue weighted by molar-refractivity contribution is 7.87. The standard InChI is InChI=1S/C6H16N2O4S/c1-8(2)13(10,11)7-4-6(9)5-12-3/h6-7,9H,4-5H2,1-3H3. The van der Waals surface area contributed by atoms with E-state index in [1.807, 2.05) is 0 Å². The molecule has 80 valence electrons. The molecule has 0 aliphatic carbocycles. The van der Waals surface area contributed by atoms with Crippen molar-refractivity contribution in [3.8, 4) is 0 Å². The Hall–Kier alpha value is -0.210. The molecule has 6 nitrogen and oxygen atoms in total. The van der Waals surface area contributed by atoms with E-state index in [1.165, 1.54) is 21.2 Å². The molecule has 1 unspecified atom stereocenters.